The summed E-state index contributed by atoms with van der Waals surface area (Å²) >= 11 is 0. The summed E-state index contributed by atoms with van der Waals surface area (Å²) in [5.74, 6) is -0.109. The minimum atomic E-state index is -0.109. The van der Waals surface area contributed by atoms with Crippen LogP contribution in [0.1, 0.15) is 24.1 Å². The lowest BCUT2D eigenvalue weighted by Gasteiger charge is -2.16. The molecule has 0 aliphatic carbocycles. The Morgan fingerprint density at radius 1 is 1.33 bits per heavy atom. The minimum Gasteiger partial charge on any atom is -0.382 e. The van der Waals surface area contributed by atoms with Crippen molar-refractivity contribution in [3.63, 3.8) is 0 Å². The zero-order valence-electron chi connectivity index (χ0n) is 11.2. The Labute approximate surface area is 108 Å². The average Bonchev–Trinajstić information content (AvgIpc) is 2.35. The van der Waals surface area contributed by atoms with Crippen LogP contribution in [0.5, 0.6) is 0 Å². The number of carbonyl (C=O) groups is 1. The summed E-state index contributed by atoms with van der Waals surface area (Å²) in [6.45, 7) is 5.01. The molecule has 0 aliphatic rings. The molecule has 1 rings (SSSR count). The third-order valence-electron chi connectivity index (χ3n) is 2.70. The lowest BCUT2D eigenvalue weighted by atomic mass is 10.0. The SMILES string of the molecule is COCCOCC(=O)N[C@H](C)c1ccccc1C. The Bertz CT molecular complexity index is 379. The smallest absolute Gasteiger partial charge is 0.246 e. The van der Waals surface area contributed by atoms with Gasteiger partial charge in [-0.05, 0) is 25.0 Å². The minimum absolute atomic E-state index is 0.00951. The molecule has 1 aromatic carbocycles. The van der Waals surface area contributed by atoms with E-state index < -0.39 is 0 Å². The summed E-state index contributed by atoms with van der Waals surface area (Å²) in [4.78, 5) is 11.6. The number of nitrogens with one attached hydrogen (secondary N) is 1. The predicted molar refractivity (Wildman–Crippen MR) is 70.4 cm³/mol. The van der Waals surface area contributed by atoms with Gasteiger partial charge >= 0.3 is 0 Å². The molecule has 0 radical (unpaired) electrons. The molecular weight excluding hydrogens is 230 g/mol. The molecule has 0 fully saturated rings. The van der Waals surface area contributed by atoms with E-state index in [-0.39, 0.29) is 18.6 Å². The monoisotopic (exact) mass is 251 g/mol. The van der Waals surface area contributed by atoms with Gasteiger partial charge in [-0.25, -0.2) is 0 Å². The number of benzene rings is 1. The zero-order chi connectivity index (χ0) is 13.4. The normalized spacial score (nSPS) is 12.2. The Balaban J connectivity index is 2.38. The average molecular weight is 251 g/mol. The molecule has 0 saturated heterocycles. The Hall–Kier alpha value is -1.39. The Morgan fingerprint density at radius 3 is 2.72 bits per heavy atom. The van der Waals surface area contributed by atoms with Gasteiger partial charge in [0.25, 0.3) is 0 Å². The molecule has 4 nitrogen and oxygen atoms in total. The van der Waals surface area contributed by atoms with Gasteiger partial charge in [0.1, 0.15) is 6.61 Å². The highest BCUT2D eigenvalue weighted by atomic mass is 16.5. The summed E-state index contributed by atoms with van der Waals surface area (Å²) in [7, 11) is 1.60. The molecule has 18 heavy (non-hydrogen) atoms. The van der Waals surface area contributed by atoms with Crippen molar-refractivity contribution in [3.8, 4) is 0 Å². The van der Waals surface area contributed by atoms with Crippen molar-refractivity contribution in [1.29, 1.82) is 0 Å². The fourth-order valence-corrected chi connectivity index (χ4v) is 1.74. The second-order valence-corrected chi connectivity index (χ2v) is 4.19. The van der Waals surface area contributed by atoms with Crippen LogP contribution in [-0.2, 0) is 14.3 Å². The molecule has 0 unspecified atom stereocenters. The van der Waals surface area contributed by atoms with Crippen molar-refractivity contribution in [3.05, 3.63) is 35.4 Å². The predicted octanol–water partition coefficient (Wildman–Crippen LogP) is 1.84. The summed E-state index contributed by atoms with van der Waals surface area (Å²) in [5, 5.41) is 2.91. The Kier molecular flexibility index (Phi) is 6.39. The highest BCUT2D eigenvalue weighted by molar-refractivity contribution is 5.77. The fraction of sp³-hybridized carbons (Fsp3) is 0.500. The van der Waals surface area contributed by atoms with E-state index in [0.29, 0.717) is 13.2 Å². The molecule has 0 aliphatic heterocycles. The van der Waals surface area contributed by atoms with E-state index in [1.54, 1.807) is 7.11 Å². The van der Waals surface area contributed by atoms with E-state index in [1.165, 1.54) is 5.56 Å². The number of amides is 1. The standard InChI is InChI=1S/C14H21NO3/c1-11-6-4-5-7-13(11)12(2)15-14(16)10-18-9-8-17-3/h4-7,12H,8-10H2,1-3H3,(H,15,16)/t12-/m1/s1. The molecule has 1 atom stereocenters. The van der Waals surface area contributed by atoms with Crippen LogP contribution < -0.4 is 5.32 Å². The van der Waals surface area contributed by atoms with E-state index in [9.17, 15) is 4.79 Å². The fourth-order valence-electron chi connectivity index (χ4n) is 1.74. The van der Waals surface area contributed by atoms with Crippen LogP contribution >= 0.6 is 0 Å². The summed E-state index contributed by atoms with van der Waals surface area (Å²) < 4.78 is 10.00. The van der Waals surface area contributed by atoms with Gasteiger partial charge in [0.15, 0.2) is 0 Å². The van der Waals surface area contributed by atoms with Crippen molar-refractivity contribution >= 4 is 5.91 Å². The van der Waals surface area contributed by atoms with Crippen LogP contribution in [0.25, 0.3) is 0 Å². The molecular formula is C14H21NO3. The first-order valence-corrected chi connectivity index (χ1v) is 6.06. The van der Waals surface area contributed by atoms with Crippen molar-refractivity contribution in [2.45, 2.75) is 19.9 Å². The first-order chi connectivity index (χ1) is 8.65. The number of hydrogen-bond donors (Lipinski definition) is 1. The molecule has 0 heterocycles. The molecule has 1 amide bonds. The Morgan fingerprint density at radius 2 is 2.06 bits per heavy atom. The topological polar surface area (TPSA) is 47.6 Å². The van der Waals surface area contributed by atoms with E-state index in [2.05, 4.69) is 5.32 Å². The number of rotatable bonds is 7. The molecule has 100 valence electrons. The highest BCUT2D eigenvalue weighted by Crippen LogP contribution is 2.16. The quantitative estimate of drug-likeness (QED) is 0.752. The molecule has 0 saturated carbocycles. The van der Waals surface area contributed by atoms with E-state index >= 15 is 0 Å². The molecule has 0 spiro atoms. The second kappa shape index (κ2) is 7.84. The lowest BCUT2D eigenvalue weighted by molar-refractivity contribution is -0.126. The maximum absolute atomic E-state index is 11.6. The van der Waals surface area contributed by atoms with Crippen LogP contribution in [0.4, 0.5) is 0 Å². The first kappa shape index (κ1) is 14.7. The maximum Gasteiger partial charge on any atom is 0.246 e. The molecule has 0 aromatic heterocycles. The number of aryl methyl sites for hydroxylation is 1. The second-order valence-electron chi connectivity index (χ2n) is 4.19. The van der Waals surface area contributed by atoms with Crippen molar-refractivity contribution in [2.24, 2.45) is 0 Å². The molecule has 1 N–H and O–H groups in total. The summed E-state index contributed by atoms with van der Waals surface area (Å²) in [6, 6.07) is 8.00. The largest absolute Gasteiger partial charge is 0.382 e. The summed E-state index contributed by atoms with van der Waals surface area (Å²) in [5.41, 5.74) is 2.30. The van der Waals surface area contributed by atoms with Crippen LogP contribution in [0.15, 0.2) is 24.3 Å². The van der Waals surface area contributed by atoms with Gasteiger partial charge in [-0.15, -0.1) is 0 Å². The van der Waals surface area contributed by atoms with Gasteiger partial charge in [0.05, 0.1) is 19.3 Å². The number of ether oxygens (including phenoxy) is 2. The summed E-state index contributed by atoms with van der Waals surface area (Å²) in [6.07, 6.45) is 0. The number of hydrogen-bond acceptors (Lipinski definition) is 3. The van der Waals surface area contributed by atoms with Crippen LogP contribution in [0.2, 0.25) is 0 Å². The van der Waals surface area contributed by atoms with Crippen LogP contribution in [0, 0.1) is 6.92 Å². The molecule has 4 heteroatoms. The maximum atomic E-state index is 11.6. The van der Waals surface area contributed by atoms with Gasteiger partial charge in [-0.3, -0.25) is 4.79 Å². The van der Waals surface area contributed by atoms with E-state index in [1.807, 2.05) is 38.1 Å². The van der Waals surface area contributed by atoms with Gasteiger partial charge in [0.2, 0.25) is 5.91 Å². The number of carbonyl (C=O) groups excluding carboxylic acids is 1. The van der Waals surface area contributed by atoms with Gasteiger partial charge in [-0.1, -0.05) is 24.3 Å². The van der Waals surface area contributed by atoms with Gasteiger partial charge in [0, 0.05) is 7.11 Å². The zero-order valence-corrected chi connectivity index (χ0v) is 11.2. The van der Waals surface area contributed by atoms with Crippen LogP contribution in [-0.4, -0.2) is 32.8 Å². The molecule has 1 aromatic rings. The third-order valence-corrected chi connectivity index (χ3v) is 2.70. The van der Waals surface area contributed by atoms with Crippen LogP contribution in [0.3, 0.4) is 0 Å². The van der Waals surface area contributed by atoms with Gasteiger partial charge < -0.3 is 14.8 Å². The third kappa shape index (κ3) is 4.85. The first-order valence-electron chi connectivity index (χ1n) is 6.06. The van der Waals surface area contributed by atoms with Crippen molar-refractivity contribution < 1.29 is 14.3 Å². The van der Waals surface area contributed by atoms with Crippen molar-refractivity contribution in [1.82, 2.24) is 5.32 Å². The van der Waals surface area contributed by atoms with E-state index in [0.717, 1.165) is 5.56 Å². The van der Waals surface area contributed by atoms with Gasteiger partial charge in [-0.2, -0.15) is 0 Å². The molecule has 0 bridgehead atoms. The highest BCUT2D eigenvalue weighted by Gasteiger charge is 2.10. The van der Waals surface area contributed by atoms with Crippen molar-refractivity contribution in [2.75, 3.05) is 26.9 Å². The van der Waals surface area contributed by atoms with E-state index in [4.69, 9.17) is 9.47 Å². The number of methoxy groups -OCH3 is 1. The lowest BCUT2D eigenvalue weighted by Crippen LogP contribution is -2.30.